The van der Waals surface area contributed by atoms with Crippen molar-refractivity contribution in [3.8, 4) is 0 Å². The fourth-order valence-corrected chi connectivity index (χ4v) is 2.37. The molecule has 1 rings (SSSR count). The van der Waals surface area contributed by atoms with Crippen LogP contribution in [0.4, 0.5) is 0 Å². The first-order chi connectivity index (χ1) is 5.95. The predicted octanol–water partition coefficient (Wildman–Crippen LogP) is 2.93. The molecular formula is C12H23N. The molecule has 1 nitrogen and oxygen atoms in total. The minimum absolute atomic E-state index is 0.650. The molecule has 0 saturated carbocycles. The SMILES string of the molecule is CC(C)C1=C(C(C)C)C(C)N(C)C1. The van der Waals surface area contributed by atoms with Crippen molar-refractivity contribution >= 4 is 0 Å². The van der Waals surface area contributed by atoms with Gasteiger partial charge in [0, 0.05) is 12.6 Å². The van der Waals surface area contributed by atoms with Crippen LogP contribution in [0.2, 0.25) is 0 Å². The average molecular weight is 181 g/mol. The summed E-state index contributed by atoms with van der Waals surface area (Å²) in [5.74, 6) is 1.42. The molecule has 0 aromatic heterocycles. The van der Waals surface area contributed by atoms with Crippen molar-refractivity contribution in [1.82, 2.24) is 4.90 Å². The molecule has 1 unspecified atom stereocenters. The van der Waals surface area contributed by atoms with Crippen LogP contribution in [-0.2, 0) is 0 Å². The van der Waals surface area contributed by atoms with Crippen molar-refractivity contribution in [2.24, 2.45) is 11.8 Å². The average Bonchev–Trinajstić information content (AvgIpc) is 2.28. The van der Waals surface area contributed by atoms with E-state index in [1.54, 1.807) is 11.1 Å². The molecule has 0 aromatic rings. The van der Waals surface area contributed by atoms with Gasteiger partial charge >= 0.3 is 0 Å². The highest BCUT2D eigenvalue weighted by Gasteiger charge is 2.29. The van der Waals surface area contributed by atoms with Gasteiger partial charge in [-0.2, -0.15) is 0 Å². The first-order valence-electron chi connectivity index (χ1n) is 5.38. The zero-order chi connectivity index (χ0) is 10.2. The summed E-state index contributed by atoms with van der Waals surface area (Å²) in [7, 11) is 2.22. The number of likely N-dealkylation sites (N-methyl/N-ethyl adjacent to an activating group) is 1. The minimum atomic E-state index is 0.650. The maximum atomic E-state index is 2.45. The van der Waals surface area contributed by atoms with E-state index in [4.69, 9.17) is 0 Å². The predicted molar refractivity (Wildman–Crippen MR) is 58.8 cm³/mol. The minimum Gasteiger partial charge on any atom is -0.296 e. The largest absolute Gasteiger partial charge is 0.296 e. The second-order valence-electron chi connectivity index (χ2n) is 4.88. The van der Waals surface area contributed by atoms with Gasteiger partial charge < -0.3 is 0 Å². The first kappa shape index (κ1) is 10.8. The molecule has 0 aliphatic carbocycles. The molecule has 1 atom stereocenters. The van der Waals surface area contributed by atoms with E-state index in [1.807, 2.05) is 0 Å². The standard InChI is InChI=1S/C12H23N/c1-8(2)11-7-13(6)10(5)12(11)9(3)4/h8-10H,7H2,1-6H3. The Morgan fingerprint density at radius 3 is 2.00 bits per heavy atom. The van der Waals surface area contributed by atoms with Gasteiger partial charge in [-0.05, 0) is 25.8 Å². The molecule has 1 heteroatoms. The normalized spacial score (nSPS) is 25.4. The van der Waals surface area contributed by atoms with Crippen molar-refractivity contribution in [1.29, 1.82) is 0 Å². The van der Waals surface area contributed by atoms with Crippen molar-refractivity contribution in [2.45, 2.75) is 40.7 Å². The Balaban J connectivity index is 2.96. The zero-order valence-electron chi connectivity index (χ0n) is 9.89. The molecule has 0 spiro atoms. The van der Waals surface area contributed by atoms with E-state index in [1.165, 1.54) is 6.54 Å². The molecule has 1 aliphatic heterocycles. The summed E-state index contributed by atoms with van der Waals surface area (Å²) < 4.78 is 0. The third-order valence-corrected chi connectivity index (χ3v) is 3.22. The molecule has 1 heterocycles. The second kappa shape index (κ2) is 3.83. The summed E-state index contributed by atoms with van der Waals surface area (Å²) in [4.78, 5) is 2.45. The molecular weight excluding hydrogens is 158 g/mol. The molecule has 0 fully saturated rings. The number of rotatable bonds is 2. The molecule has 13 heavy (non-hydrogen) atoms. The van der Waals surface area contributed by atoms with Crippen LogP contribution in [0.1, 0.15) is 34.6 Å². The van der Waals surface area contributed by atoms with E-state index in [2.05, 4.69) is 46.6 Å². The number of nitrogens with zero attached hydrogens (tertiary/aromatic N) is 1. The van der Waals surface area contributed by atoms with Crippen molar-refractivity contribution in [3.63, 3.8) is 0 Å². The summed E-state index contributed by atoms with van der Waals surface area (Å²) in [6.45, 7) is 12.7. The van der Waals surface area contributed by atoms with Gasteiger partial charge in [0.05, 0.1) is 0 Å². The second-order valence-corrected chi connectivity index (χ2v) is 4.88. The highest BCUT2D eigenvalue weighted by molar-refractivity contribution is 5.29. The molecule has 0 radical (unpaired) electrons. The lowest BCUT2D eigenvalue weighted by Gasteiger charge is -2.20. The van der Waals surface area contributed by atoms with E-state index < -0.39 is 0 Å². The third kappa shape index (κ3) is 1.96. The van der Waals surface area contributed by atoms with Gasteiger partial charge in [0.15, 0.2) is 0 Å². The van der Waals surface area contributed by atoms with Gasteiger partial charge in [0.25, 0.3) is 0 Å². The molecule has 0 bridgehead atoms. The highest BCUT2D eigenvalue weighted by atomic mass is 15.1. The van der Waals surface area contributed by atoms with E-state index in [9.17, 15) is 0 Å². The fourth-order valence-electron chi connectivity index (χ4n) is 2.37. The third-order valence-electron chi connectivity index (χ3n) is 3.22. The molecule has 0 N–H and O–H groups in total. The van der Waals surface area contributed by atoms with Crippen molar-refractivity contribution in [3.05, 3.63) is 11.1 Å². The van der Waals surface area contributed by atoms with Gasteiger partial charge in [0.2, 0.25) is 0 Å². The lowest BCUT2D eigenvalue weighted by molar-refractivity contribution is 0.329. The van der Waals surface area contributed by atoms with E-state index >= 15 is 0 Å². The Labute approximate surface area is 82.8 Å². The van der Waals surface area contributed by atoms with Crippen LogP contribution in [0, 0.1) is 11.8 Å². The van der Waals surface area contributed by atoms with Crippen LogP contribution < -0.4 is 0 Å². The topological polar surface area (TPSA) is 3.24 Å². The molecule has 0 aromatic carbocycles. The Kier molecular flexibility index (Phi) is 3.18. The molecule has 0 saturated heterocycles. The smallest absolute Gasteiger partial charge is 0.0285 e. The Bertz CT molecular complexity index is 213. The lowest BCUT2D eigenvalue weighted by Crippen LogP contribution is -2.26. The summed E-state index contributed by atoms with van der Waals surface area (Å²) in [5, 5.41) is 0. The molecule has 1 aliphatic rings. The summed E-state index contributed by atoms with van der Waals surface area (Å²) in [6.07, 6.45) is 0. The molecule has 76 valence electrons. The summed E-state index contributed by atoms with van der Waals surface area (Å²) >= 11 is 0. The Morgan fingerprint density at radius 2 is 1.69 bits per heavy atom. The van der Waals surface area contributed by atoms with Gasteiger partial charge in [-0.15, -0.1) is 0 Å². The maximum absolute atomic E-state index is 2.45. The monoisotopic (exact) mass is 181 g/mol. The quantitative estimate of drug-likeness (QED) is 0.592. The van der Waals surface area contributed by atoms with Crippen LogP contribution in [0.5, 0.6) is 0 Å². The summed E-state index contributed by atoms with van der Waals surface area (Å²) in [5.41, 5.74) is 3.35. The van der Waals surface area contributed by atoms with Gasteiger partial charge in [-0.1, -0.05) is 38.8 Å². The van der Waals surface area contributed by atoms with Gasteiger partial charge in [0.1, 0.15) is 0 Å². The van der Waals surface area contributed by atoms with E-state index in [0.29, 0.717) is 17.9 Å². The number of hydrogen-bond donors (Lipinski definition) is 0. The van der Waals surface area contributed by atoms with E-state index in [0.717, 1.165) is 0 Å². The maximum Gasteiger partial charge on any atom is 0.0285 e. The van der Waals surface area contributed by atoms with Crippen LogP contribution in [-0.4, -0.2) is 24.5 Å². The summed E-state index contributed by atoms with van der Waals surface area (Å²) in [6, 6.07) is 0.650. The van der Waals surface area contributed by atoms with Crippen LogP contribution >= 0.6 is 0 Å². The van der Waals surface area contributed by atoms with Gasteiger partial charge in [-0.25, -0.2) is 0 Å². The molecule has 0 amide bonds. The first-order valence-corrected chi connectivity index (χ1v) is 5.38. The Hall–Kier alpha value is -0.300. The van der Waals surface area contributed by atoms with Crippen LogP contribution in [0.25, 0.3) is 0 Å². The van der Waals surface area contributed by atoms with Crippen molar-refractivity contribution in [2.75, 3.05) is 13.6 Å². The Morgan fingerprint density at radius 1 is 1.15 bits per heavy atom. The van der Waals surface area contributed by atoms with Gasteiger partial charge in [-0.3, -0.25) is 4.90 Å². The highest BCUT2D eigenvalue weighted by Crippen LogP contribution is 2.32. The van der Waals surface area contributed by atoms with Crippen LogP contribution in [0.3, 0.4) is 0 Å². The fraction of sp³-hybridized carbons (Fsp3) is 0.833. The lowest BCUT2D eigenvalue weighted by atomic mass is 9.90. The van der Waals surface area contributed by atoms with E-state index in [-0.39, 0.29) is 0 Å². The number of hydrogen-bond acceptors (Lipinski definition) is 1. The zero-order valence-corrected chi connectivity index (χ0v) is 9.89. The van der Waals surface area contributed by atoms with Crippen LogP contribution in [0.15, 0.2) is 11.1 Å². The van der Waals surface area contributed by atoms with Crippen molar-refractivity contribution < 1.29 is 0 Å².